The molecule has 0 unspecified atom stereocenters. The van der Waals surface area contributed by atoms with Crippen molar-refractivity contribution in [3.8, 4) is 0 Å². The van der Waals surface area contributed by atoms with Crippen molar-refractivity contribution in [2.45, 2.75) is 33.1 Å². The zero-order valence-corrected chi connectivity index (χ0v) is 10.7. The van der Waals surface area contributed by atoms with Gasteiger partial charge < -0.3 is 10.1 Å². The van der Waals surface area contributed by atoms with E-state index in [4.69, 9.17) is 4.74 Å². The first-order valence-corrected chi connectivity index (χ1v) is 6.29. The third-order valence-electron chi connectivity index (χ3n) is 2.44. The van der Waals surface area contributed by atoms with Gasteiger partial charge in [-0.2, -0.15) is 0 Å². The van der Waals surface area contributed by atoms with Gasteiger partial charge in [0.1, 0.15) is 0 Å². The van der Waals surface area contributed by atoms with E-state index in [1.54, 1.807) is 6.07 Å². The molecule has 17 heavy (non-hydrogen) atoms. The first-order valence-electron chi connectivity index (χ1n) is 6.29. The van der Waals surface area contributed by atoms with Gasteiger partial charge in [0.2, 0.25) is 0 Å². The summed E-state index contributed by atoms with van der Waals surface area (Å²) in [5.41, 5.74) is 1.48. The van der Waals surface area contributed by atoms with Crippen molar-refractivity contribution in [3.05, 3.63) is 29.8 Å². The van der Waals surface area contributed by atoms with E-state index in [9.17, 15) is 4.79 Å². The summed E-state index contributed by atoms with van der Waals surface area (Å²) in [7, 11) is 0. The summed E-state index contributed by atoms with van der Waals surface area (Å²) in [6.45, 7) is 5.52. The summed E-state index contributed by atoms with van der Waals surface area (Å²) < 4.78 is 5.21. The lowest BCUT2D eigenvalue weighted by Gasteiger charge is -2.10. The highest BCUT2D eigenvalue weighted by Gasteiger charge is 2.11. The highest BCUT2D eigenvalue weighted by Crippen LogP contribution is 2.16. The van der Waals surface area contributed by atoms with Crippen LogP contribution in [0.2, 0.25) is 0 Å². The molecular weight excluding hydrogens is 214 g/mol. The molecule has 0 bridgehead atoms. The quantitative estimate of drug-likeness (QED) is 0.581. The van der Waals surface area contributed by atoms with Crippen LogP contribution >= 0.6 is 0 Å². The second-order valence-corrected chi connectivity index (χ2v) is 3.96. The number of hydrogen-bond acceptors (Lipinski definition) is 3. The Morgan fingerprint density at radius 1 is 1.24 bits per heavy atom. The van der Waals surface area contributed by atoms with Gasteiger partial charge in [0.05, 0.1) is 12.2 Å². The van der Waals surface area contributed by atoms with Crippen LogP contribution < -0.4 is 5.32 Å². The standard InChI is InChI=1S/C14H21NO2/c1-3-5-11-17-14(16)12-8-6-7-9-13(12)15-10-4-2/h6-9,15H,3-5,10-11H2,1-2H3. The number of anilines is 1. The molecule has 0 aliphatic carbocycles. The third kappa shape index (κ3) is 4.47. The fourth-order valence-corrected chi connectivity index (χ4v) is 1.46. The number of benzene rings is 1. The molecular formula is C14H21NO2. The first kappa shape index (κ1) is 13.6. The number of carbonyl (C=O) groups excluding carboxylic acids is 1. The van der Waals surface area contributed by atoms with Crippen LogP contribution in [-0.4, -0.2) is 19.1 Å². The molecule has 1 aromatic rings. The maximum absolute atomic E-state index is 11.8. The van der Waals surface area contributed by atoms with Gasteiger partial charge >= 0.3 is 5.97 Å². The van der Waals surface area contributed by atoms with Crippen LogP contribution in [0.15, 0.2) is 24.3 Å². The monoisotopic (exact) mass is 235 g/mol. The van der Waals surface area contributed by atoms with E-state index < -0.39 is 0 Å². The largest absolute Gasteiger partial charge is 0.462 e. The maximum Gasteiger partial charge on any atom is 0.340 e. The molecule has 0 saturated heterocycles. The molecule has 3 heteroatoms. The molecule has 0 saturated carbocycles. The van der Waals surface area contributed by atoms with Crippen molar-refractivity contribution < 1.29 is 9.53 Å². The zero-order valence-electron chi connectivity index (χ0n) is 10.7. The van der Waals surface area contributed by atoms with Crippen molar-refractivity contribution in [1.82, 2.24) is 0 Å². The lowest BCUT2D eigenvalue weighted by molar-refractivity contribution is 0.0501. The molecule has 1 rings (SSSR count). The highest BCUT2D eigenvalue weighted by molar-refractivity contribution is 5.95. The van der Waals surface area contributed by atoms with Gasteiger partial charge in [-0.3, -0.25) is 0 Å². The van der Waals surface area contributed by atoms with Gasteiger partial charge in [-0.25, -0.2) is 4.79 Å². The minimum Gasteiger partial charge on any atom is -0.462 e. The molecule has 3 nitrogen and oxygen atoms in total. The molecule has 0 fully saturated rings. The molecule has 1 aromatic carbocycles. The minimum absolute atomic E-state index is 0.238. The Balaban J connectivity index is 2.64. The number of carbonyl (C=O) groups is 1. The number of para-hydroxylation sites is 1. The fourth-order valence-electron chi connectivity index (χ4n) is 1.46. The van der Waals surface area contributed by atoms with E-state index in [1.165, 1.54) is 0 Å². The van der Waals surface area contributed by atoms with Crippen LogP contribution in [0, 0.1) is 0 Å². The summed E-state index contributed by atoms with van der Waals surface area (Å²) in [4.78, 5) is 11.8. The van der Waals surface area contributed by atoms with Crippen LogP contribution in [0.1, 0.15) is 43.5 Å². The molecule has 0 atom stereocenters. The van der Waals surface area contributed by atoms with Crippen molar-refractivity contribution in [3.63, 3.8) is 0 Å². The van der Waals surface area contributed by atoms with E-state index in [1.807, 2.05) is 18.2 Å². The number of nitrogens with one attached hydrogen (secondary N) is 1. The lowest BCUT2D eigenvalue weighted by atomic mass is 10.2. The smallest absolute Gasteiger partial charge is 0.340 e. The summed E-state index contributed by atoms with van der Waals surface area (Å²) in [5, 5.41) is 3.23. The minimum atomic E-state index is -0.238. The Hall–Kier alpha value is -1.51. The molecule has 0 aliphatic heterocycles. The van der Waals surface area contributed by atoms with Gasteiger partial charge in [-0.05, 0) is 25.0 Å². The van der Waals surface area contributed by atoms with Crippen LogP contribution in [0.4, 0.5) is 5.69 Å². The second kappa shape index (κ2) is 7.71. The zero-order chi connectivity index (χ0) is 12.5. The van der Waals surface area contributed by atoms with Crippen LogP contribution in [-0.2, 0) is 4.74 Å². The van der Waals surface area contributed by atoms with Crippen molar-refractivity contribution in [2.24, 2.45) is 0 Å². The third-order valence-corrected chi connectivity index (χ3v) is 2.44. The Labute approximate surface area is 103 Å². The molecule has 0 radical (unpaired) electrons. The topological polar surface area (TPSA) is 38.3 Å². The molecule has 0 amide bonds. The fraction of sp³-hybridized carbons (Fsp3) is 0.500. The summed E-state index contributed by atoms with van der Waals surface area (Å²) in [6, 6.07) is 7.48. The van der Waals surface area contributed by atoms with Gasteiger partial charge in [0.15, 0.2) is 0 Å². The van der Waals surface area contributed by atoms with E-state index in [2.05, 4.69) is 19.2 Å². The lowest BCUT2D eigenvalue weighted by Crippen LogP contribution is -2.11. The van der Waals surface area contributed by atoms with Crippen LogP contribution in [0.3, 0.4) is 0 Å². The molecule has 0 aliphatic rings. The average Bonchev–Trinajstić information content (AvgIpc) is 2.37. The maximum atomic E-state index is 11.8. The Morgan fingerprint density at radius 3 is 2.71 bits per heavy atom. The van der Waals surface area contributed by atoms with E-state index in [0.717, 1.165) is 31.5 Å². The first-order chi connectivity index (χ1) is 8.29. The highest BCUT2D eigenvalue weighted by atomic mass is 16.5. The van der Waals surface area contributed by atoms with E-state index in [-0.39, 0.29) is 5.97 Å². The number of esters is 1. The normalized spacial score (nSPS) is 10.0. The van der Waals surface area contributed by atoms with E-state index >= 15 is 0 Å². The van der Waals surface area contributed by atoms with Gasteiger partial charge in [-0.1, -0.05) is 32.4 Å². The van der Waals surface area contributed by atoms with Crippen LogP contribution in [0.5, 0.6) is 0 Å². The van der Waals surface area contributed by atoms with Crippen LogP contribution in [0.25, 0.3) is 0 Å². The van der Waals surface area contributed by atoms with Crippen molar-refractivity contribution >= 4 is 11.7 Å². The molecule has 0 spiro atoms. The predicted molar refractivity (Wildman–Crippen MR) is 70.4 cm³/mol. The van der Waals surface area contributed by atoms with Crippen molar-refractivity contribution in [2.75, 3.05) is 18.5 Å². The van der Waals surface area contributed by atoms with E-state index in [0.29, 0.717) is 12.2 Å². The molecule has 0 aromatic heterocycles. The SMILES string of the molecule is CCCCOC(=O)c1ccccc1NCCC. The van der Waals surface area contributed by atoms with Gasteiger partial charge in [-0.15, -0.1) is 0 Å². The summed E-state index contributed by atoms with van der Waals surface area (Å²) in [5.74, 6) is -0.238. The average molecular weight is 235 g/mol. The van der Waals surface area contributed by atoms with Gasteiger partial charge in [0.25, 0.3) is 0 Å². The predicted octanol–water partition coefficient (Wildman–Crippen LogP) is 3.47. The van der Waals surface area contributed by atoms with Crippen molar-refractivity contribution in [1.29, 1.82) is 0 Å². The number of unbranched alkanes of at least 4 members (excludes halogenated alkanes) is 1. The summed E-state index contributed by atoms with van der Waals surface area (Å²) >= 11 is 0. The Bertz CT molecular complexity index is 350. The molecule has 94 valence electrons. The van der Waals surface area contributed by atoms with Gasteiger partial charge in [0, 0.05) is 12.2 Å². The Kier molecular flexibility index (Phi) is 6.15. The number of hydrogen-bond donors (Lipinski definition) is 1. The second-order valence-electron chi connectivity index (χ2n) is 3.96. The molecule has 1 N–H and O–H groups in total. The molecule has 0 heterocycles. The summed E-state index contributed by atoms with van der Waals surface area (Å²) in [6.07, 6.45) is 2.97. The number of ether oxygens (including phenoxy) is 1. The number of rotatable bonds is 7. The Morgan fingerprint density at radius 2 is 2.00 bits per heavy atom.